The van der Waals surface area contributed by atoms with Gasteiger partial charge in [-0.2, -0.15) is 0 Å². The van der Waals surface area contributed by atoms with E-state index in [0.29, 0.717) is 17.7 Å². The molecule has 1 N–H and O–H groups in total. The molecule has 20 heavy (non-hydrogen) atoms. The maximum absolute atomic E-state index is 12.7. The molecule has 3 unspecified atom stereocenters. The third-order valence-electron chi connectivity index (χ3n) is 5.19. The molecular formula is C16H31N3O. The van der Waals surface area contributed by atoms with Gasteiger partial charge >= 0.3 is 0 Å². The summed E-state index contributed by atoms with van der Waals surface area (Å²) in [4.78, 5) is 17.2. The molecule has 3 atom stereocenters. The normalized spacial score (nSPS) is 31.0. The van der Waals surface area contributed by atoms with E-state index in [4.69, 9.17) is 0 Å². The molecule has 0 bridgehead atoms. The number of rotatable bonds is 5. The van der Waals surface area contributed by atoms with Gasteiger partial charge in [-0.1, -0.05) is 27.2 Å². The molecule has 0 aromatic heterocycles. The van der Waals surface area contributed by atoms with E-state index in [1.165, 1.54) is 25.9 Å². The largest absolute Gasteiger partial charge is 0.326 e. The molecule has 2 aliphatic heterocycles. The van der Waals surface area contributed by atoms with E-state index in [2.05, 4.69) is 42.9 Å². The monoisotopic (exact) mass is 281 g/mol. The Kier molecular flexibility index (Phi) is 5.44. The standard InChI is InChI=1S/C16H31N3O/c1-5-12(3)15-16(20)19(14(6-2)17-15)11-13-7-9-18(4)10-8-13/h12-15,17H,5-11H2,1-4H3. The Labute approximate surface area is 123 Å². The van der Waals surface area contributed by atoms with Crippen LogP contribution < -0.4 is 5.32 Å². The minimum Gasteiger partial charge on any atom is -0.326 e. The summed E-state index contributed by atoms with van der Waals surface area (Å²) in [6.45, 7) is 9.82. The first-order valence-corrected chi connectivity index (χ1v) is 8.31. The second kappa shape index (κ2) is 6.90. The molecule has 0 radical (unpaired) electrons. The highest BCUT2D eigenvalue weighted by molar-refractivity contribution is 5.84. The zero-order chi connectivity index (χ0) is 14.7. The fraction of sp³-hybridized carbons (Fsp3) is 0.938. The number of likely N-dealkylation sites (tertiary alicyclic amines) is 1. The number of piperidine rings is 1. The van der Waals surface area contributed by atoms with Gasteiger partial charge in [0.15, 0.2) is 0 Å². The molecule has 2 saturated heterocycles. The second-order valence-electron chi connectivity index (χ2n) is 6.69. The third-order valence-corrected chi connectivity index (χ3v) is 5.19. The van der Waals surface area contributed by atoms with Crippen LogP contribution in [0.1, 0.15) is 46.5 Å². The molecular weight excluding hydrogens is 250 g/mol. The minimum atomic E-state index is 0.0382. The van der Waals surface area contributed by atoms with Crippen molar-refractivity contribution in [3.63, 3.8) is 0 Å². The van der Waals surface area contributed by atoms with E-state index in [0.717, 1.165) is 19.4 Å². The molecule has 2 aliphatic rings. The SMILES string of the molecule is CCC(C)C1NC(CC)N(CC2CCN(C)CC2)C1=O. The van der Waals surface area contributed by atoms with Crippen molar-refractivity contribution in [2.45, 2.75) is 58.7 Å². The number of hydrogen-bond donors (Lipinski definition) is 1. The maximum atomic E-state index is 12.7. The number of nitrogens with zero attached hydrogens (tertiary/aromatic N) is 2. The Balaban J connectivity index is 1.96. The molecule has 0 saturated carbocycles. The van der Waals surface area contributed by atoms with Crippen LogP contribution in [-0.4, -0.2) is 54.6 Å². The van der Waals surface area contributed by atoms with Gasteiger partial charge in [-0.05, 0) is 51.2 Å². The van der Waals surface area contributed by atoms with E-state index in [-0.39, 0.29) is 12.2 Å². The fourth-order valence-electron chi connectivity index (χ4n) is 3.42. The van der Waals surface area contributed by atoms with Crippen LogP contribution in [0.3, 0.4) is 0 Å². The lowest BCUT2D eigenvalue weighted by Gasteiger charge is -2.33. The van der Waals surface area contributed by atoms with Crippen molar-refractivity contribution in [3.05, 3.63) is 0 Å². The molecule has 2 fully saturated rings. The van der Waals surface area contributed by atoms with Gasteiger partial charge in [0.2, 0.25) is 5.91 Å². The smallest absolute Gasteiger partial charge is 0.241 e. The van der Waals surface area contributed by atoms with E-state index in [1.54, 1.807) is 0 Å². The summed E-state index contributed by atoms with van der Waals surface area (Å²) in [6.07, 6.45) is 4.77. The van der Waals surface area contributed by atoms with Crippen LogP contribution in [0.25, 0.3) is 0 Å². The van der Waals surface area contributed by atoms with Crippen LogP contribution in [0.5, 0.6) is 0 Å². The van der Waals surface area contributed by atoms with Crippen molar-refractivity contribution < 1.29 is 4.79 Å². The van der Waals surface area contributed by atoms with Crippen LogP contribution >= 0.6 is 0 Å². The van der Waals surface area contributed by atoms with Crippen LogP contribution in [-0.2, 0) is 4.79 Å². The highest BCUT2D eigenvalue weighted by atomic mass is 16.2. The third kappa shape index (κ3) is 3.34. The number of nitrogens with one attached hydrogen (secondary N) is 1. The lowest BCUT2D eigenvalue weighted by atomic mass is 9.95. The van der Waals surface area contributed by atoms with E-state index < -0.39 is 0 Å². The van der Waals surface area contributed by atoms with Crippen molar-refractivity contribution in [1.82, 2.24) is 15.1 Å². The van der Waals surface area contributed by atoms with Gasteiger partial charge in [0.25, 0.3) is 0 Å². The van der Waals surface area contributed by atoms with Crippen molar-refractivity contribution in [1.29, 1.82) is 0 Å². The molecule has 0 aromatic carbocycles. The Bertz CT molecular complexity index is 326. The average Bonchev–Trinajstić information content (AvgIpc) is 2.77. The quantitative estimate of drug-likeness (QED) is 0.836. The molecule has 0 aromatic rings. The van der Waals surface area contributed by atoms with Crippen LogP contribution in [0.15, 0.2) is 0 Å². The molecule has 4 nitrogen and oxygen atoms in total. The van der Waals surface area contributed by atoms with Crippen molar-refractivity contribution in [2.75, 3.05) is 26.7 Å². The van der Waals surface area contributed by atoms with Crippen LogP contribution in [0, 0.1) is 11.8 Å². The van der Waals surface area contributed by atoms with Gasteiger partial charge in [0.05, 0.1) is 12.2 Å². The summed E-state index contributed by atoms with van der Waals surface area (Å²) in [5, 5.41) is 3.56. The first kappa shape index (κ1) is 15.8. The maximum Gasteiger partial charge on any atom is 0.241 e. The molecule has 4 heteroatoms. The molecule has 1 amide bonds. The lowest BCUT2D eigenvalue weighted by Crippen LogP contribution is -2.42. The zero-order valence-corrected chi connectivity index (χ0v) is 13.6. The summed E-state index contributed by atoms with van der Waals surface area (Å²) in [5.74, 6) is 1.45. The Morgan fingerprint density at radius 2 is 1.95 bits per heavy atom. The Morgan fingerprint density at radius 1 is 1.30 bits per heavy atom. The van der Waals surface area contributed by atoms with E-state index >= 15 is 0 Å². The van der Waals surface area contributed by atoms with Crippen LogP contribution in [0.4, 0.5) is 0 Å². The summed E-state index contributed by atoms with van der Waals surface area (Å²) in [6, 6.07) is 0.0382. The van der Waals surface area contributed by atoms with Crippen molar-refractivity contribution in [2.24, 2.45) is 11.8 Å². The summed E-state index contributed by atoms with van der Waals surface area (Å²) in [7, 11) is 2.19. The highest BCUT2D eigenvalue weighted by Gasteiger charge is 2.40. The van der Waals surface area contributed by atoms with Gasteiger partial charge in [-0.3, -0.25) is 10.1 Å². The second-order valence-corrected chi connectivity index (χ2v) is 6.69. The van der Waals surface area contributed by atoms with Gasteiger partial charge in [0.1, 0.15) is 0 Å². The van der Waals surface area contributed by atoms with Crippen LogP contribution in [0.2, 0.25) is 0 Å². The summed E-state index contributed by atoms with van der Waals surface area (Å²) >= 11 is 0. The van der Waals surface area contributed by atoms with Crippen molar-refractivity contribution >= 4 is 5.91 Å². The zero-order valence-electron chi connectivity index (χ0n) is 13.6. The average molecular weight is 281 g/mol. The van der Waals surface area contributed by atoms with Gasteiger partial charge in [-0.25, -0.2) is 0 Å². The summed E-state index contributed by atoms with van der Waals surface area (Å²) in [5.41, 5.74) is 0. The minimum absolute atomic E-state index is 0.0382. The predicted octanol–water partition coefficient (Wildman–Crippen LogP) is 1.91. The molecule has 0 aliphatic carbocycles. The van der Waals surface area contributed by atoms with E-state index in [9.17, 15) is 4.79 Å². The fourth-order valence-corrected chi connectivity index (χ4v) is 3.42. The Morgan fingerprint density at radius 3 is 2.50 bits per heavy atom. The van der Waals surface area contributed by atoms with Crippen molar-refractivity contribution in [3.8, 4) is 0 Å². The first-order chi connectivity index (χ1) is 9.56. The first-order valence-electron chi connectivity index (χ1n) is 8.31. The topological polar surface area (TPSA) is 35.6 Å². The number of carbonyl (C=O) groups is 1. The Hall–Kier alpha value is -0.610. The highest BCUT2D eigenvalue weighted by Crippen LogP contribution is 2.25. The van der Waals surface area contributed by atoms with Gasteiger partial charge in [-0.15, -0.1) is 0 Å². The van der Waals surface area contributed by atoms with Gasteiger partial charge in [0, 0.05) is 6.54 Å². The summed E-state index contributed by atoms with van der Waals surface area (Å²) < 4.78 is 0. The molecule has 2 rings (SSSR count). The molecule has 116 valence electrons. The lowest BCUT2D eigenvalue weighted by molar-refractivity contribution is -0.131. The van der Waals surface area contributed by atoms with Gasteiger partial charge < -0.3 is 9.80 Å². The number of hydrogen-bond acceptors (Lipinski definition) is 3. The number of carbonyl (C=O) groups excluding carboxylic acids is 1. The molecule has 0 spiro atoms. The van der Waals surface area contributed by atoms with E-state index in [1.807, 2.05) is 0 Å². The predicted molar refractivity (Wildman–Crippen MR) is 82.4 cm³/mol. The number of amides is 1. The molecule has 2 heterocycles.